The Morgan fingerprint density at radius 1 is 1.17 bits per heavy atom. The first-order chi connectivity index (χ1) is 5.32. The van der Waals surface area contributed by atoms with Crippen molar-refractivity contribution in [2.24, 2.45) is 0 Å². The van der Waals surface area contributed by atoms with Gasteiger partial charge in [0.2, 0.25) is 0 Å². The SMILES string of the molecule is CCCCC(C)P(O)(O)(O)CC. The van der Waals surface area contributed by atoms with Crippen molar-refractivity contribution in [2.75, 3.05) is 6.16 Å². The molecule has 0 radical (unpaired) electrons. The second-order valence-corrected chi connectivity index (χ2v) is 7.49. The summed E-state index contributed by atoms with van der Waals surface area (Å²) in [5.74, 6) is 0. The van der Waals surface area contributed by atoms with E-state index in [1.807, 2.05) is 6.92 Å². The van der Waals surface area contributed by atoms with Crippen LogP contribution in [0, 0.1) is 0 Å². The average molecular weight is 196 g/mol. The molecule has 1 atom stereocenters. The van der Waals surface area contributed by atoms with E-state index in [-0.39, 0.29) is 11.8 Å². The average Bonchev–Trinajstić information content (AvgIpc) is 1.99. The molecule has 0 aliphatic rings. The van der Waals surface area contributed by atoms with Gasteiger partial charge >= 0.3 is 73.8 Å². The molecule has 0 saturated heterocycles. The van der Waals surface area contributed by atoms with Crippen LogP contribution in [0.5, 0.6) is 0 Å². The molecule has 0 aromatic heterocycles. The summed E-state index contributed by atoms with van der Waals surface area (Å²) in [7, 11) is -4.28. The van der Waals surface area contributed by atoms with Crippen molar-refractivity contribution >= 4 is 7.28 Å². The van der Waals surface area contributed by atoms with E-state index in [9.17, 15) is 14.7 Å². The Balaban J connectivity index is 4.15. The molecule has 0 heterocycles. The summed E-state index contributed by atoms with van der Waals surface area (Å²) in [6, 6.07) is 0. The molecule has 0 amide bonds. The van der Waals surface area contributed by atoms with Gasteiger partial charge < -0.3 is 0 Å². The maximum absolute atomic E-state index is 9.53. The molecule has 0 aliphatic carbocycles. The van der Waals surface area contributed by atoms with Gasteiger partial charge in [0.1, 0.15) is 0 Å². The number of hydrogen-bond acceptors (Lipinski definition) is 3. The van der Waals surface area contributed by atoms with Crippen molar-refractivity contribution in [3.05, 3.63) is 0 Å². The number of unbranched alkanes of at least 4 members (excludes halogenated alkanes) is 1. The monoisotopic (exact) mass is 196 g/mol. The third kappa shape index (κ3) is 3.36. The molecule has 3 N–H and O–H groups in total. The van der Waals surface area contributed by atoms with Crippen LogP contribution in [0.2, 0.25) is 0 Å². The van der Waals surface area contributed by atoms with Gasteiger partial charge in [-0.2, -0.15) is 0 Å². The van der Waals surface area contributed by atoms with E-state index in [1.54, 1.807) is 13.8 Å². The Kier molecular flexibility index (Phi) is 4.12. The van der Waals surface area contributed by atoms with E-state index in [0.717, 1.165) is 12.8 Å². The van der Waals surface area contributed by atoms with Crippen LogP contribution < -0.4 is 0 Å². The van der Waals surface area contributed by atoms with E-state index in [0.29, 0.717) is 6.42 Å². The first-order valence-corrected chi connectivity index (χ1v) is 6.92. The van der Waals surface area contributed by atoms with Crippen LogP contribution in [0.1, 0.15) is 40.0 Å². The van der Waals surface area contributed by atoms with Crippen LogP contribution in [0.25, 0.3) is 0 Å². The van der Waals surface area contributed by atoms with Crippen molar-refractivity contribution in [2.45, 2.75) is 45.7 Å². The summed E-state index contributed by atoms with van der Waals surface area (Å²) in [5.41, 5.74) is -0.374. The topological polar surface area (TPSA) is 60.7 Å². The van der Waals surface area contributed by atoms with Gasteiger partial charge in [-0.25, -0.2) is 0 Å². The van der Waals surface area contributed by atoms with Crippen LogP contribution in [0.4, 0.5) is 0 Å². The van der Waals surface area contributed by atoms with E-state index < -0.39 is 7.28 Å². The predicted octanol–water partition coefficient (Wildman–Crippen LogP) is 1.86. The van der Waals surface area contributed by atoms with Gasteiger partial charge in [-0.1, -0.05) is 0 Å². The maximum atomic E-state index is 9.53. The molecular formula is C8H21O3P. The Morgan fingerprint density at radius 2 is 1.67 bits per heavy atom. The van der Waals surface area contributed by atoms with Crippen molar-refractivity contribution < 1.29 is 14.7 Å². The standard InChI is InChI=1S/C8H21O3P/c1-4-6-7-8(3)12(9,10,11)5-2/h8-11H,4-7H2,1-3H3. The fraction of sp³-hybridized carbons (Fsp3) is 1.00. The predicted molar refractivity (Wildman–Crippen MR) is 53.1 cm³/mol. The molecule has 0 fully saturated rings. The van der Waals surface area contributed by atoms with Gasteiger partial charge in [0, 0.05) is 0 Å². The van der Waals surface area contributed by atoms with E-state index in [1.165, 1.54) is 0 Å². The van der Waals surface area contributed by atoms with Crippen LogP contribution in [0.3, 0.4) is 0 Å². The van der Waals surface area contributed by atoms with Gasteiger partial charge in [-0.15, -0.1) is 0 Å². The summed E-state index contributed by atoms with van der Waals surface area (Å²) in [6.45, 7) is 5.36. The van der Waals surface area contributed by atoms with Gasteiger partial charge in [-0.3, -0.25) is 0 Å². The van der Waals surface area contributed by atoms with Crippen molar-refractivity contribution in [1.29, 1.82) is 0 Å². The summed E-state index contributed by atoms with van der Waals surface area (Å²) in [5, 5.41) is 0. The second-order valence-electron chi connectivity index (χ2n) is 3.53. The van der Waals surface area contributed by atoms with Crippen LogP contribution >= 0.6 is 7.28 Å². The van der Waals surface area contributed by atoms with Crippen molar-refractivity contribution in [1.82, 2.24) is 0 Å². The van der Waals surface area contributed by atoms with Crippen LogP contribution in [-0.4, -0.2) is 26.5 Å². The van der Waals surface area contributed by atoms with E-state index >= 15 is 0 Å². The van der Waals surface area contributed by atoms with Gasteiger partial charge in [0.25, 0.3) is 0 Å². The quantitative estimate of drug-likeness (QED) is 0.588. The first-order valence-electron chi connectivity index (χ1n) is 4.57. The molecule has 3 nitrogen and oxygen atoms in total. The summed E-state index contributed by atoms with van der Waals surface area (Å²) < 4.78 is 0. The zero-order chi connectivity index (χ0) is 9.85. The molecule has 0 saturated carbocycles. The van der Waals surface area contributed by atoms with Crippen LogP contribution in [-0.2, 0) is 0 Å². The molecule has 4 heteroatoms. The third-order valence-electron chi connectivity index (χ3n) is 2.49. The fourth-order valence-corrected chi connectivity index (χ4v) is 2.41. The zero-order valence-corrected chi connectivity index (χ0v) is 9.09. The van der Waals surface area contributed by atoms with Gasteiger partial charge in [0.05, 0.1) is 0 Å². The minimum absolute atomic E-state index is 0.0660. The third-order valence-corrected chi connectivity index (χ3v) is 5.76. The number of hydrogen-bond donors (Lipinski definition) is 3. The van der Waals surface area contributed by atoms with Crippen LogP contribution in [0.15, 0.2) is 0 Å². The summed E-state index contributed by atoms with van der Waals surface area (Å²) in [4.78, 5) is 28.6. The van der Waals surface area contributed by atoms with Crippen molar-refractivity contribution in [3.63, 3.8) is 0 Å². The molecule has 0 aliphatic heterocycles. The Hall–Kier alpha value is 0.310. The zero-order valence-electron chi connectivity index (χ0n) is 8.19. The number of rotatable bonds is 5. The minimum atomic E-state index is -4.28. The van der Waals surface area contributed by atoms with E-state index in [2.05, 4.69) is 0 Å². The molecular weight excluding hydrogens is 175 g/mol. The van der Waals surface area contributed by atoms with Gasteiger partial charge in [0.15, 0.2) is 0 Å². The fourth-order valence-electron chi connectivity index (χ4n) is 1.08. The molecule has 0 aromatic carbocycles. The Labute approximate surface area is 74.6 Å². The summed E-state index contributed by atoms with van der Waals surface area (Å²) in [6.07, 6.45) is 2.70. The molecule has 0 aromatic rings. The van der Waals surface area contributed by atoms with Gasteiger partial charge in [-0.05, 0) is 0 Å². The second kappa shape index (κ2) is 4.01. The Morgan fingerprint density at radius 3 is 2.00 bits per heavy atom. The molecule has 0 spiro atoms. The normalized spacial score (nSPS) is 18.3. The Bertz CT molecular complexity index is 139. The molecule has 0 bridgehead atoms. The van der Waals surface area contributed by atoms with E-state index in [4.69, 9.17) is 0 Å². The summed E-state index contributed by atoms with van der Waals surface area (Å²) >= 11 is 0. The van der Waals surface area contributed by atoms with Crippen molar-refractivity contribution in [3.8, 4) is 0 Å². The molecule has 1 unspecified atom stereocenters. The molecule has 0 rings (SSSR count). The first kappa shape index (κ1) is 12.3. The molecule has 76 valence electrons. The molecule has 12 heavy (non-hydrogen) atoms.